The molecular formula is C8H18O3. The van der Waals surface area contributed by atoms with Gasteiger partial charge >= 0.3 is 5.97 Å². The van der Waals surface area contributed by atoms with Gasteiger partial charge in [-0.1, -0.05) is 40.0 Å². The molecule has 0 bridgehead atoms. The Balaban J connectivity index is 0. The van der Waals surface area contributed by atoms with Crippen LogP contribution in [0, 0.1) is 0 Å². The first-order valence-corrected chi connectivity index (χ1v) is 4.07. The Labute approximate surface area is 68.3 Å². The van der Waals surface area contributed by atoms with Crippen molar-refractivity contribution < 1.29 is 14.9 Å². The number of carbonyl (C=O) groups is 1. The van der Waals surface area contributed by atoms with Crippen LogP contribution >= 0.6 is 0 Å². The fraction of sp³-hybridized carbons (Fsp3) is 0.875. The molecule has 0 atom stereocenters. The summed E-state index contributed by atoms with van der Waals surface area (Å²) >= 11 is 0. The van der Waals surface area contributed by atoms with Crippen molar-refractivity contribution in [3.63, 3.8) is 0 Å². The molecule has 11 heavy (non-hydrogen) atoms. The molecule has 3 heteroatoms. The van der Waals surface area contributed by atoms with Gasteiger partial charge in [0.05, 0.1) is 0 Å². The predicted octanol–water partition coefficient (Wildman–Crippen LogP) is 2.61. The summed E-state index contributed by atoms with van der Waals surface area (Å²) in [6.07, 6.45) is 4.30. The summed E-state index contributed by atoms with van der Waals surface area (Å²) < 4.78 is 0. The maximum absolute atomic E-state index is 9.71. The van der Waals surface area contributed by atoms with Gasteiger partial charge in [-0.05, 0) is 0 Å². The van der Waals surface area contributed by atoms with Gasteiger partial charge < -0.3 is 4.89 Å². The first kappa shape index (κ1) is 13.1. The summed E-state index contributed by atoms with van der Waals surface area (Å²) in [5.74, 6) is -0.602. The third-order valence-corrected chi connectivity index (χ3v) is 1.10. The molecule has 0 radical (unpaired) electrons. The minimum Gasteiger partial charge on any atom is -0.301 e. The number of unbranched alkanes of at least 4 members (excludes halogenated alkanes) is 2. The molecule has 0 fully saturated rings. The predicted molar refractivity (Wildman–Crippen MR) is 44.2 cm³/mol. The van der Waals surface area contributed by atoms with Crippen LogP contribution in [-0.2, 0) is 9.68 Å². The van der Waals surface area contributed by atoms with E-state index in [-0.39, 0.29) is 6.42 Å². The Hall–Kier alpha value is -0.570. The Bertz CT molecular complexity index is 73.4. The van der Waals surface area contributed by atoms with E-state index in [1.54, 1.807) is 6.92 Å². The van der Waals surface area contributed by atoms with E-state index in [1.807, 2.05) is 0 Å². The van der Waals surface area contributed by atoms with E-state index in [0.717, 1.165) is 0 Å². The van der Waals surface area contributed by atoms with Crippen LogP contribution in [0.5, 0.6) is 0 Å². The minimum atomic E-state index is -0.602. The lowest BCUT2D eigenvalue weighted by Gasteiger charge is -1.83. The zero-order valence-corrected chi connectivity index (χ0v) is 7.59. The lowest BCUT2D eigenvalue weighted by Crippen LogP contribution is -1.95. The molecular weight excluding hydrogens is 144 g/mol. The molecule has 0 aromatic carbocycles. The molecule has 0 aliphatic rings. The molecule has 0 aliphatic heterocycles. The van der Waals surface area contributed by atoms with Crippen molar-refractivity contribution in [2.24, 2.45) is 0 Å². The fourth-order valence-corrected chi connectivity index (χ4v) is 0.418. The van der Waals surface area contributed by atoms with E-state index < -0.39 is 5.97 Å². The number of hydrogen-bond donors (Lipinski definition) is 1. The largest absolute Gasteiger partial charge is 0.341 e. The normalized spacial score (nSPS) is 8.00. The highest BCUT2D eigenvalue weighted by Gasteiger charge is 1.90. The molecule has 0 saturated heterocycles. The molecule has 0 rings (SSSR count). The highest BCUT2D eigenvalue weighted by Crippen LogP contribution is 1.88. The first-order chi connectivity index (χ1) is 5.22. The molecule has 0 heterocycles. The molecule has 3 nitrogen and oxygen atoms in total. The molecule has 0 unspecified atom stereocenters. The van der Waals surface area contributed by atoms with Gasteiger partial charge in [0.25, 0.3) is 0 Å². The van der Waals surface area contributed by atoms with E-state index in [0.29, 0.717) is 0 Å². The lowest BCUT2D eigenvalue weighted by atomic mass is 10.3. The molecule has 1 N–H and O–H groups in total. The summed E-state index contributed by atoms with van der Waals surface area (Å²) in [5, 5.41) is 7.49. The zero-order valence-electron chi connectivity index (χ0n) is 7.59. The summed E-state index contributed by atoms with van der Waals surface area (Å²) in [4.78, 5) is 13.0. The molecule has 0 saturated carbocycles. The Kier molecular flexibility index (Phi) is 14.4. The van der Waals surface area contributed by atoms with Gasteiger partial charge in [0.15, 0.2) is 0 Å². The van der Waals surface area contributed by atoms with Gasteiger partial charge in [-0.2, -0.15) is 5.26 Å². The van der Waals surface area contributed by atoms with Crippen molar-refractivity contribution in [2.45, 2.75) is 46.5 Å². The van der Waals surface area contributed by atoms with E-state index >= 15 is 0 Å². The SMILES string of the molecule is CCC(=O)OO.CCCCC. The summed E-state index contributed by atoms with van der Waals surface area (Å²) in [5.41, 5.74) is 0. The van der Waals surface area contributed by atoms with Gasteiger partial charge in [-0.3, -0.25) is 0 Å². The average molecular weight is 162 g/mol. The smallest absolute Gasteiger partial charge is 0.301 e. The highest BCUT2D eigenvalue weighted by atomic mass is 17.1. The van der Waals surface area contributed by atoms with Crippen LogP contribution in [0.4, 0.5) is 0 Å². The Morgan fingerprint density at radius 2 is 1.73 bits per heavy atom. The molecule has 0 amide bonds. The third-order valence-electron chi connectivity index (χ3n) is 1.10. The number of carbonyl (C=O) groups excluding carboxylic acids is 1. The van der Waals surface area contributed by atoms with Crippen LogP contribution in [0.3, 0.4) is 0 Å². The van der Waals surface area contributed by atoms with Gasteiger partial charge in [0.1, 0.15) is 0 Å². The first-order valence-electron chi connectivity index (χ1n) is 4.07. The molecule has 0 aromatic rings. The summed E-state index contributed by atoms with van der Waals surface area (Å²) in [6.45, 7) is 6.02. The summed E-state index contributed by atoms with van der Waals surface area (Å²) in [6, 6.07) is 0. The number of rotatable bonds is 3. The van der Waals surface area contributed by atoms with Crippen molar-refractivity contribution >= 4 is 5.97 Å². The molecule has 0 aromatic heterocycles. The van der Waals surface area contributed by atoms with Crippen molar-refractivity contribution in [2.75, 3.05) is 0 Å². The van der Waals surface area contributed by atoms with Gasteiger partial charge in [0.2, 0.25) is 0 Å². The van der Waals surface area contributed by atoms with E-state index in [9.17, 15) is 4.79 Å². The highest BCUT2D eigenvalue weighted by molar-refractivity contribution is 5.67. The minimum absolute atomic E-state index is 0.219. The molecule has 68 valence electrons. The van der Waals surface area contributed by atoms with Crippen LogP contribution in [0.1, 0.15) is 46.5 Å². The standard InChI is InChI=1S/C5H12.C3H6O3/c1-3-5-4-2;1-2-3(4)6-5/h3-5H2,1-2H3;5H,2H2,1H3. The summed E-state index contributed by atoms with van der Waals surface area (Å²) in [7, 11) is 0. The van der Waals surface area contributed by atoms with Crippen molar-refractivity contribution in [3.8, 4) is 0 Å². The van der Waals surface area contributed by atoms with Gasteiger partial charge in [-0.15, -0.1) is 0 Å². The quantitative estimate of drug-likeness (QED) is 0.512. The van der Waals surface area contributed by atoms with Crippen molar-refractivity contribution in [1.29, 1.82) is 0 Å². The Morgan fingerprint density at radius 1 is 1.27 bits per heavy atom. The zero-order chi connectivity index (χ0) is 9.11. The second-order valence-corrected chi connectivity index (χ2v) is 2.17. The van der Waals surface area contributed by atoms with Crippen LogP contribution in [0.15, 0.2) is 0 Å². The second kappa shape index (κ2) is 12.1. The van der Waals surface area contributed by atoms with Crippen molar-refractivity contribution in [1.82, 2.24) is 0 Å². The third kappa shape index (κ3) is 17.7. The van der Waals surface area contributed by atoms with Crippen LogP contribution in [0.25, 0.3) is 0 Å². The van der Waals surface area contributed by atoms with E-state index in [1.165, 1.54) is 19.3 Å². The van der Waals surface area contributed by atoms with Gasteiger partial charge in [0, 0.05) is 6.42 Å². The van der Waals surface area contributed by atoms with Crippen LogP contribution < -0.4 is 0 Å². The lowest BCUT2D eigenvalue weighted by molar-refractivity contribution is -0.233. The average Bonchev–Trinajstić information content (AvgIpc) is 2.06. The second-order valence-electron chi connectivity index (χ2n) is 2.17. The monoisotopic (exact) mass is 162 g/mol. The number of hydrogen-bond acceptors (Lipinski definition) is 3. The van der Waals surface area contributed by atoms with E-state index in [4.69, 9.17) is 5.26 Å². The maximum Gasteiger partial charge on any atom is 0.341 e. The van der Waals surface area contributed by atoms with Crippen molar-refractivity contribution in [3.05, 3.63) is 0 Å². The van der Waals surface area contributed by atoms with Crippen LogP contribution in [0.2, 0.25) is 0 Å². The topological polar surface area (TPSA) is 46.5 Å². The Morgan fingerprint density at radius 3 is 1.73 bits per heavy atom. The van der Waals surface area contributed by atoms with Gasteiger partial charge in [-0.25, -0.2) is 4.79 Å². The fourth-order valence-electron chi connectivity index (χ4n) is 0.418. The van der Waals surface area contributed by atoms with Crippen LogP contribution in [-0.4, -0.2) is 11.2 Å². The molecule has 0 spiro atoms. The van der Waals surface area contributed by atoms with E-state index in [2.05, 4.69) is 18.7 Å². The molecule has 0 aliphatic carbocycles. The maximum atomic E-state index is 9.71.